The monoisotopic (exact) mass is 494 g/mol. The average Bonchev–Trinajstić information content (AvgIpc) is 2.71. The van der Waals surface area contributed by atoms with Gasteiger partial charge in [-0.2, -0.15) is 4.31 Å². The summed E-state index contributed by atoms with van der Waals surface area (Å²) in [6.07, 6.45) is -1.71. The summed E-state index contributed by atoms with van der Waals surface area (Å²) in [7, 11) is -4.09. The number of amides is 1. The lowest BCUT2D eigenvalue weighted by Crippen LogP contribution is -2.51. The van der Waals surface area contributed by atoms with Crippen LogP contribution in [0.25, 0.3) is 0 Å². The molecule has 2 aromatic carbocycles. The SMILES string of the molecule is CC(C)CN(C[C@@H](O)[C@H](Cc1ccccc1)NC(=O)OC(C)(C)C)S(=O)(=O)c1cccc(F)c1. The molecule has 2 aromatic rings. The number of ether oxygens (including phenoxy) is 1. The van der Waals surface area contributed by atoms with E-state index in [1.54, 1.807) is 20.8 Å². The molecule has 0 fully saturated rings. The number of alkyl carbamates (subject to hydrolysis) is 1. The smallest absolute Gasteiger partial charge is 0.407 e. The van der Waals surface area contributed by atoms with Crippen LogP contribution < -0.4 is 5.32 Å². The van der Waals surface area contributed by atoms with Crippen molar-refractivity contribution in [3.63, 3.8) is 0 Å². The van der Waals surface area contributed by atoms with E-state index in [0.717, 1.165) is 15.9 Å². The molecule has 2 N–H and O–H groups in total. The maximum Gasteiger partial charge on any atom is 0.407 e. The van der Waals surface area contributed by atoms with E-state index in [-0.39, 0.29) is 30.3 Å². The van der Waals surface area contributed by atoms with Crippen molar-refractivity contribution in [2.24, 2.45) is 5.92 Å². The number of carbonyl (C=O) groups excluding carboxylic acids is 1. The molecule has 0 heterocycles. The van der Waals surface area contributed by atoms with Crippen LogP contribution in [0.4, 0.5) is 9.18 Å². The zero-order valence-electron chi connectivity index (χ0n) is 20.4. The third-order valence-corrected chi connectivity index (χ3v) is 6.69. The molecule has 0 saturated heterocycles. The predicted molar refractivity (Wildman–Crippen MR) is 129 cm³/mol. The van der Waals surface area contributed by atoms with Crippen LogP contribution >= 0.6 is 0 Å². The van der Waals surface area contributed by atoms with E-state index in [9.17, 15) is 22.7 Å². The second-order valence-corrected chi connectivity index (χ2v) is 11.6. The molecule has 0 unspecified atom stereocenters. The van der Waals surface area contributed by atoms with Gasteiger partial charge in [-0.05, 0) is 56.9 Å². The largest absolute Gasteiger partial charge is 0.444 e. The van der Waals surface area contributed by atoms with Gasteiger partial charge < -0.3 is 15.2 Å². The quantitative estimate of drug-likeness (QED) is 0.521. The van der Waals surface area contributed by atoms with E-state index in [1.807, 2.05) is 44.2 Å². The van der Waals surface area contributed by atoms with Gasteiger partial charge in [0.2, 0.25) is 10.0 Å². The first-order chi connectivity index (χ1) is 15.8. The number of sulfonamides is 1. The van der Waals surface area contributed by atoms with Crippen LogP contribution in [0.15, 0.2) is 59.5 Å². The van der Waals surface area contributed by atoms with Gasteiger partial charge in [0.15, 0.2) is 0 Å². The molecule has 9 heteroatoms. The average molecular weight is 495 g/mol. The van der Waals surface area contributed by atoms with Gasteiger partial charge in [-0.25, -0.2) is 17.6 Å². The van der Waals surface area contributed by atoms with Crippen molar-refractivity contribution in [1.82, 2.24) is 9.62 Å². The van der Waals surface area contributed by atoms with E-state index in [4.69, 9.17) is 4.74 Å². The molecule has 0 spiro atoms. The molecule has 2 rings (SSSR count). The van der Waals surface area contributed by atoms with Crippen molar-refractivity contribution in [3.05, 3.63) is 66.0 Å². The molecular weight excluding hydrogens is 459 g/mol. The van der Waals surface area contributed by atoms with Crippen LogP contribution in [0.2, 0.25) is 0 Å². The molecule has 0 aliphatic heterocycles. The summed E-state index contributed by atoms with van der Waals surface area (Å²) >= 11 is 0. The minimum Gasteiger partial charge on any atom is -0.444 e. The fraction of sp³-hybridized carbons (Fsp3) is 0.480. The lowest BCUT2D eigenvalue weighted by molar-refractivity contribution is 0.0400. The summed E-state index contributed by atoms with van der Waals surface area (Å²) < 4.78 is 46.8. The number of hydrogen-bond acceptors (Lipinski definition) is 5. The minimum absolute atomic E-state index is 0.0538. The molecule has 188 valence electrons. The predicted octanol–water partition coefficient (Wildman–Crippen LogP) is 3.97. The first kappa shape index (κ1) is 27.8. The number of nitrogens with one attached hydrogen (secondary N) is 1. The minimum atomic E-state index is -4.09. The van der Waals surface area contributed by atoms with Gasteiger partial charge in [0.25, 0.3) is 0 Å². The Bertz CT molecular complexity index is 1040. The van der Waals surface area contributed by atoms with Gasteiger partial charge in [-0.3, -0.25) is 0 Å². The molecule has 0 saturated carbocycles. The third-order valence-electron chi connectivity index (χ3n) is 4.86. The molecule has 1 amide bonds. The number of nitrogens with zero attached hydrogens (tertiary/aromatic N) is 1. The number of aliphatic hydroxyl groups is 1. The van der Waals surface area contributed by atoms with E-state index < -0.39 is 39.7 Å². The molecule has 0 aliphatic carbocycles. The Balaban J connectivity index is 2.31. The summed E-state index contributed by atoms with van der Waals surface area (Å²) in [6, 6.07) is 13.2. The number of benzene rings is 2. The highest BCUT2D eigenvalue weighted by molar-refractivity contribution is 7.89. The maximum absolute atomic E-state index is 13.7. The number of carbonyl (C=O) groups is 1. The van der Waals surface area contributed by atoms with Crippen LogP contribution in [0.5, 0.6) is 0 Å². The highest BCUT2D eigenvalue weighted by Crippen LogP contribution is 2.20. The Morgan fingerprint density at radius 3 is 2.29 bits per heavy atom. The van der Waals surface area contributed by atoms with Crippen molar-refractivity contribution in [1.29, 1.82) is 0 Å². The molecule has 0 radical (unpaired) electrons. The summed E-state index contributed by atoms with van der Waals surface area (Å²) in [4.78, 5) is 12.3. The topological polar surface area (TPSA) is 95.9 Å². The summed E-state index contributed by atoms with van der Waals surface area (Å²) in [6.45, 7) is 8.70. The second-order valence-electron chi connectivity index (χ2n) is 9.68. The molecule has 0 aromatic heterocycles. The molecule has 2 atom stereocenters. The lowest BCUT2D eigenvalue weighted by Gasteiger charge is -2.31. The Morgan fingerprint density at radius 1 is 1.09 bits per heavy atom. The highest BCUT2D eigenvalue weighted by Gasteiger charge is 2.32. The Labute approximate surface area is 202 Å². The summed E-state index contributed by atoms with van der Waals surface area (Å²) in [5, 5.41) is 13.8. The van der Waals surface area contributed by atoms with Crippen molar-refractivity contribution in [3.8, 4) is 0 Å². The third kappa shape index (κ3) is 8.70. The molecular formula is C25H35FN2O5S. The van der Waals surface area contributed by atoms with Gasteiger partial charge in [0.1, 0.15) is 11.4 Å². The van der Waals surface area contributed by atoms with E-state index in [1.165, 1.54) is 18.2 Å². The summed E-state index contributed by atoms with van der Waals surface area (Å²) in [5.74, 6) is -0.721. The number of aliphatic hydroxyl groups excluding tert-OH is 1. The maximum atomic E-state index is 13.7. The van der Waals surface area contributed by atoms with Gasteiger partial charge >= 0.3 is 6.09 Å². The Hall–Kier alpha value is -2.49. The van der Waals surface area contributed by atoms with Crippen molar-refractivity contribution < 1.29 is 27.4 Å². The molecule has 0 bridgehead atoms. The summed E-state index contributed by atoms with van der Waals surface area (Å²) in [5.41, 5.74) is 0.113. The highest BCUT2D eigenvalue weighted by atomic mass is 32.2. The normalized spacial score (nSPS) is 14.1. The second kappa shape index (κ2) is 11.8. The molecule has 7 nitrogen and oxygen atoms in total. The van der Waals surface area contributed by atoms with Crippen LogP contribution in [-0.2, 0) is 21.2 Å². The van der Waals surface area contributed by atoms with Gasteiger partial charge in [0.05, 0.1) is 17.0 Å². The molecule has 34 heavy (non-hydrogen) atoms. The fourth-order valence-corrected chi connectivity index (χ4v) is 5.05. The molecule has 0 aliphatic rings. The standard InChI is InChI=1S/C25H35FN2O5S/c1-18(2)16-28(34(31,32)21-13-9-12-20(26)15-21)17-23(29)22(14-19-10-7-6-8-11-19)27-24(30)33-25(3,4)5/h6-13,15,18,22-23,29H,14,16-17H2,1-5H3,(H,27,30)/t22-,23+/m0/s1. The number of rotatable bonds is 10. The first-order valence-electron chi connectivity index (χ1n) is 11.2. The van der Waals surface area contributed by atoms with Crippen LogP contribution in [0.1, 0.15) is 40.2 Å². The number of halogens is 1. The van der Waals surface area contributed by atoms with Crippen molar-refractivity contribution >= 4 is 16.1 Å². The Morgan fingerprint density at radius 2 is 1.74 bits per heavy atom. The zero-order valence-corrected chi connectivity index (χ0v) is 21.2. The first-order valence-corrected chi connectivity index (χ1v) is 12.7. The van der Waals surface area contributed by atoms with Crippen molar-refractivity contribution in [2.45, 2.75) is 63.7 Å². The van der Waals surface area contributed by atoms with E-state index >= 15 is 0 Å². The lowest BCUT2D eigenvalue weighted by atomic mass is 10.0. The van der Waals surface area contributed by atoms with E-state index in [0.29, 0.717) is 0 Å². The van der Waals surface area contributed by atoms with Gasteiger partial charge in [-0.15, -0.1) is 0 Å². The van der Waals surface area contributed by atoms with Crippen molar-refractivity contribution in [2.75, 3.05) is 13.1 Å². The fourth-order valence-electron chi connectivity index (χ4n) is 3.40. The van der Waals surface area contributed by atoms with Crippen LogP contribution in [0, 0.1) is 11.7 Å². The Kier molecular flexibility index (Phi) is 9.61. The van der Waals surface area contributed by atoms with Crippen LogP contribution in [-0.4, -0.2) is 54.8 Å². The van der Waals surface area contributed by atoms with Gasteiger partial charge in [0, 0.05) is 13.1 Å². The van der Waals surface area contributed by atoms with E-state index in [2.05, 4.69) is 5.32 Å². The van der Waals surface area contributed by atoms with Gasteiger partial charge in [-0.1, -0.05) is 50.2 Å². The van der Waals surface area contributed by atoms with Crippen LogP contribution in [0.3, 0.4) is 0 Å². The zero-order chi connectivity index (χ0) is 25.5. The number of hydrogen-bond donors (Lipinski definition) is 2.